The van der Waals surface area contributed by atoms with E-state index in [4.69, 9.17) is 9.40 Å². The highest BCUT2D eigenvalue weighted by Gasteiger charge is 2.17. The van der Waals surface area contributed by atoms with Gasteiger partial charge in [0.2, 0.25) is 11.6 Å². The normalized spacial score (nSPS) is 11.4. The Morgan fingerprint density at radius 3 is 2.05 bits per heavy atom. The van der Waals surface area contributed by atoms with E-state index >= 15 is 0 Å². The third-order valence-electron chi connectivity index (χ3n) is 7.33. The molecule has 0 spiro atoms. The van der Waals surface area contributed by atoms with Crippen molar-refractivity contribution in [3.63, 3.8) is 0 Å². The number of fused-ring (bicyclic) bond motifs is 4. The van der Waals surface area contributed by atoms with Crippen LogP contribution < -0.4 is 4.90 Å². The number of rotatable bonds is 5. The minimum atomic E-state index is 0.457. The van der Waals surface area contributed by atoms with Crippen LogP contribution in [0.1, 0.15) is 0 Å². The van der Waals surface area contributed by atoms with Crippen LogP contribution in [-0.2, 0) is 0 Å². The average Bonchev–Trinajstić information content (AvgIpc) is 3.62. The number of para-hydroxylation sites is 3. The molecule has 8 aromatic rings. The van der Waals surface area contributed by atoms with Crippen LogP contribution in [0.4, 0.5) is 17.1 Å². The van der Waals surface area contributed by atoms with Crippen LogP contribution in [0, 0.1) is 0 Å². The smallest absolute Gasteiger partial charge is 0.248 e. The van der Waals surface area contributed by atoms with E-state index in [1.165, 1.54) is 10.8 Å². The fourth-order valence-electron chi connectivity index (χ4n) is 5.50. The van der Waals surface area contributed by atoms with Crippen LogP contribution in [0.25, 0.3) is 50.3 Å². The third-order valence-corrected chi connectivity index (χ3v) is 7.33. The van der Waals surface area contributed by atoms with E-state index in [-0.39, 0.29) is 0 Å². The molecule has 0 saturated carbocycles. The molecule has 41 heavy (non-hydrogen) atoms. The van der Waals surface area contributed by atoms with Crippen LogP contribution >= 0.6 is 0 Å². The summed E-state index contributed by atoms with van der Waals surface area (Å²) in [6.07, 6.45) is 3.57. The largest absolute Gasteiger partial charge is 0.416 e. The molecule has 194 valence electrons. The van der Waals surface area contributed by atoms with Crippen molar-refractivity contribution in [2.24, 2.45) is 0 Å². The summed E-state index contributed by atoms with van der Waals surface area (Å²) in [6, 6.07) is 43.8. The van der Waals surface area contributed by atoms with Gasteiger partial charge in [-0.1, -0.05) is 54.6 Å². The number of anilines is 3. The Morgan fingerprint density at radius 1 is 0.585 bits per heavy atom. The minimum absolute atomic E-state index is 0.457. The predicted octanol–water partition coefficient (Wildman–Crippen LogP) is 8.85. The molecule has 0 radical (unpaired) electrons. The predicted molar refractivity (Wildman–Crippen MR) is 164 cm³/mol. The monoisotopic (exact) mass is 529 g/mol. The Morgan fingerprint density at radius 2 is 1.32 bits per heavy atom. The molecule has 0 unspecified atom stereocenters. The maximum Gasteiger partial charge on any atom is 0.248 e. The van der Waals surface area contributed by atoms with Gasteiger partial charge in [0.05, 0.1) is 22.9 Å². The molecule has 4 aromatic heterocycles. The van der Waals surface area contributed by atoms with Crippen LogP contribution in [0.15, 0.2) is 144 Å². The van der Waals surface area contributed by atoms with Gasteiger partial charge in [-0.3, -0.25) is 0 Å². The summed E-state index contributed by atoms with van der Waals surface area (Å²) in [5, 5.41) is 2.35. The Balaban J connectivity index is 1.27. The Labute approximate surface area is 235 Å². The summed E-state index contributed by atoms with van der Waals surface area (Å²) in [5.74, 6) is 0.457. The molecule has 4 aromatic carbocycles. The molecule has 0 fully saturated rings. The number of aromatic nitrogens is 4. The maximum absolute atomic E-state index is 5.84. The van der Waals surface area contributed by atoms with E-state index in [2.05, 4.69) is 116 Å². The topological polar surface area (TPSA) is 60.0 Å². The first kappa shape index (κ1) is 23.2. The zero-order valence-corrected chi connectivity index (χ0v) is 21.9. The number of hydrogen-bond acceptors (Lipinski definition) is 5. The average molecular weight is 530 g/mol. The molecule has 0 aliphatic carbocycles. The summed E-state index contributed by atoms with van der Waals surface area (Å²) in [4.78, 5) is 15.8. The lowest BCUT2D eigenvalue weighted by molar-refractivity contribution is 0.605. The van der Waals surface area contributed by atoms with Crippen molar-refractivity contribution >= 4 is 50.1 Å². The standard InChI is InChI=1S/C35H23N5O/c1-3-10-24(11-4-1)39(25-12-5-2-6-13-25)26-18-20-33-29(22-26)28-14-7-8-16-32(28)40(33)27-17-19-30(37-23-27)35-38-31-15-9-21-36-34(31)41-35/h1-23H. The van der Waals surface area contributed by atoms with Crippen LogP contribution in [0.3, 0.4) is 0 Å². The zero-order chi connectivity index (χ0) is 27.2. The highest BCUT2D eigenvalue weighted by Crippen LogP contribution is 2.39. The van der Waals surface area contributed by atoms with E-state index < -0.39 is 0 Å². The van der Waals surface area contributed by atoms with Crippen molar-refractivity contribution in [1.82, 2.24) is 19.5 Å². The molecule has 0 aliphatic rings. The molecule has 6 heteroatoms. The van der Waals surface area contributed by atoms with Gasteiger partial charge in [0.1, 0.15) is 11.2 Å². The van der Waals surface area contributed by atoms with Gasteiger partial charge in [-0.25, -0.2) is 15.0 Å². The molecule has 0 amide bonds. The quantitative estimate of drug-likeness (QED) is 0.223. The Bertz CT molecular complexity index is 2080. The zero-order valence-electron chi connectivity index (χ0n) is 21.9. The lowest BCUT2D eigenvalue weighted by Gasteiger charge is -2.25. The van der Waals surface area contributed by atoms with E-state index in [1.54, 1.807) is 6.20 Å². The second kappa shape index (κ2) is 9.47. The van der Waals surface area contributed by atoms with E-state index in [1.807, 2.05) is 36.5 Å². The van der Waals surface area contributed by atoms with Gasteiger partial charge in [0.15, 0.2) is 0 Å². The summed E-state index contributed by atoms with van der Waals surface area (Å²) in [6.45, 7) is 0. The first-order valence-electron chi connectivity index (χ1n) is 13.5. The van der Waals surface area contributed by atoms with Gasteiger partial charge in [-0.2, -0.15) is 0 Å². The number of pyridine rings is 2. The first-order chi connectivity index (χ1) is 20.3. The summed E-state index contributed by atoms with van der Waals surface area (Å²) < 4.78 is 8.10. The Hall–Kier alpha value is -5.75. The number of benzene rings is 4. The molecule has 0 N–H and O–H groups in total. The van der Waals surface area contributed by atoms with Crippen molar-refractivity contribution in [3.8, 4) is 17.3 Å². The summed E-state index contributed by atoms with van der Waals surface area (Å²) in [7, 11) is 0. The first-order valence-corrected chi connectivity index (χ1v) is 13.5. The third kappa shape index (κ3) is 3.93. The lowest BCUT2D eigenvalue weighted by Crippen LogP contribution is -2.09. The van der Waals surface area contributed by atoms with Crippen molar-refractivity contribution in [1.29, 1.82) is 0 Å². The van der Waals surface area contributed by atoms with Gasteiger partial charge in [0, 0.05) is 34.0 Å². The molecular formula is C35H23N5O. The second-order valence-electron chi connectivity index (χ2n) is 9.81. The molecule has 0 saturated heterocycles. The van der Waals surface area contributed by atoms with E-state index in [0.29, 0.717) is 22.8 Å². The number of nitrogens with zero attached hydrogens (tertiary/aromatic N) is 5. The van der Waals surface area contributed by atoms with Crippen molar-refractivity contribution in [2.75, 3.05) is 4.90 Å². The lowest BCUT2D eigenvalue weighted by atomic mass is 10.1. The fourth-order valence-corrected chi connectivity index (χ4v) is 5.50. The van der Waals surface area contributed by atoms with Crippen LogP contribution in [-0.4, -0.2) is 19.5 Å². The SMILES string of the molecule is c1ccc(N(c2ccccc2)c2ccc3c(c2)c2ccccc2n3-c2ccc(-c3nc4cccnc4o3)nc2)cc1. The van der Waals surface area contributed by atoms with Crippen molar-refractivity contribution in [3.05, 3.63) is 140 Å². The van der Waals surface area contributed by atoms with Gasteiger partial charge in [-0.05, 0) is 72.8 Å². The molecule has 8 rings (SSSR count). The minimum Gasteiger partial charge on any atom is -0.416 e. The maximum atomic E-state index is 5.84. The number of hydrogen-bond donors (Lipinski definition) is 0. The van der Waals surface area contributed by atoms with Gasteiger partial charge in [-0.15, -0.1) is 0 Å². The van der Waals surface area contributed by atoms with E-state index in [0.717, 1.165) is 33.8 Å². The van der Waals surface area contributed by atoms with Gasteiger partial charge < -0.3 is 13.9 Å². The van der Waals surface area contributed by atoms with Gasteiger partial charge in [0.25, 0.3) is 0 Å². The molecule has 4 heterocycles. The second-order valence-corrected chi connectivity index (χ2v) is 9.81. The van der Waals surface area contributed by atoms with E-state index in [9.17, 15) is 0 Å². The molecule has 6 nitrogen and oxygen atoms in total. The van der Waals surface area contributed by atoms with Crippen LogP contribution in [0.2, 0.25) is 0 Å². The molecule has 0 aliphatic heterocycles. The van der Waals surface area contributed by atoms with Crippen molar-refractivity contribution in [2.45, 2.75) is 0 Å². The van der Waals surface area contributed by atoms with Crippen LogP contribution in [0.5, 0.6) is 0 Å². The number of oxazole rings is 1. The molecule has 0 bridgehead atoms. The highest BCUT2D eigenvalue weighted by atomic mass is 16.4. The summed E-state index contributed by atoms with van der Waals surface area (Å²) in [5.41, 5.74) is 8.38. The summed E-state index contributed by atoms with van der Waals surface area (Å²) >= 11 is 0. The highest BCUT2D eigenvalue weighted by molar-refractivity contribution is 6.10. The molecular weight excluding hydrogens is 506 g/mol. The Kier molecular flexibility index (Phi) is 5.35. The fraction of sp³-hybridized carbons (Fsp3) is 0. The van der Waals surface area contributed by atoms with Gasteiger partial charge >= 0.3 is 0 Å². The molecule has 0 atom stereocenters. The van der Waals surface area contributed by atoms with Crippen molar-refractivity contribution < 1.29 is 4.42 Å².